The van der Waals surface area contributed by atoms with Gasteiger partial charge >= 0.3 is 6.18 Å². The molecule has 0 aliphatic heterocycles. The van der Waals surface area contributed by atoms with Crippen LogP contribution in [0.1, 0.15) is 24.5 Å². The molecule has 0 N–H and O–H groups in total. The van der Waals surface area contributed by atoms with E-state index in [0.29, 0.717) is 17.4 Å². The molecule has 0 fully saturated rings. The summed E-state index contributed by atoms with van der Waals surface area (Å²) in [6.07, 6.45) is -3.70. The molecule has 0 aliphatic carbocycles. The van der Waals surface area contributed by atoms with E-state index in [1.807, 2.05) is 13.0 Å². The predicted molar refractivity (Wildman–Crippen MR) is 72.3 cm³/mol. The molecule has 0 amide bonds. The molecular weight excluding hydrogens is 321 g/mol. The Morgan fingerprint density at radius 2 is 2.05 bits per heavy atom. The van der Waals surface area contributed by atoms with Crippen LogP contribution < -0.4 is 4.90 Å². The molecule has 0 saturated carbocycles. The van der Waals surface area contributed by atoms with Gasteiger partial charge in [0.1, 0.15) is 12.6 Å². The summed E-state index contributed by atoms with van der Waals surface area (Å²) in [5, 5.41) is 9.65. The number of benzene rings is 1. The topological polar surface area (TPSA) is 27.0 Å². The molecule has 0 spiro atoms. The fourth-order valence-corrected chi connectivity index (χ4v) is 2.15. The van der Waals surface area contributed by atoms with Crippen molar-refractivity contribution in [2.75, 3.05) is 18.0 Å². The zero-order valence-electron chi connectivity index (χ0n) is 10.5. The van der Waals surface area contributed by atoms with Gasteiger partial charge in [0.25, 0.3) is 0 Å². The summed E-state index contributed by atoms with van der Waals surface area (Å²) in [6.45, 7) is 1.04. The van der Waals surface area contributed by atoms with E-state index >= 15 is 0 Å². The molecule has 2 nitrogen and oxygen atoms in total. The van der Waals surface area contributed by atoms with E-state index in [0.717, 1.165) is 5.56 Å². The van der Waals surface area contributed by atoms with Gasteiger partial charge in [-0.2, -0.15) is 18.4 Å². The largest absolute Gasteiger partial charge is 0.405 e. The van der Waals surface area contributed by atoms with Crippen LogP contribution in [-0.4, -0.2) is 19.3 Å². The highest BCUT2D eigenvalue weighted by molar-refractivity contribution is 9.08. The molecule has 0 aromatic heterocycles. The standard InChI is InChI=1S/C13H14BrF3N2/c1-2-5-19(9-13(15,16)17)12-4-3-10(7-14)6-11(12)8-18/h3-4,6H,2,5,7,9H2,1H3. The van der Waals surface area contributed by atoms with E-state index in [9.17, 15) is 13.2 Å². The molecule has 1 rings (SSSR count). The molecule has 0 bridgehead atoms. The van der Waals surface area contributed by atoms with Gasteiger partial charge in [-0.3, -0.25) is 0 Å². The summed E-state index contributed by atoms with van der Waals surface area (Å²) in [4.78, 5) is 1.20. The van der Waals surface area contributed by atoms with Crippen molar-refractivity contribution in [2.45, 2.75) is 24.9 Å². The summed E-state index contributed by atoms with van der Waals surface area (Å²) in [5.41, 5.74) is 1.48. The van der Waals surface area contributed by atoms with Gasteiger partial charge < -0.3 is 4.90 Å². The van der Waals surface area contributed by atoms with E-state index in [1.165, 1.54) is 4.90 Å². The quantitative estimate of drug-likeness (QED) is 0.753. The third-order valence-electron chi connectivity index (χ3n) is 2.54. The van der Waals surface area contributed by atoms with Crippen molar-refractivity contribution in [3.8, 4) is 6.07 Å². The zero-order chi connectivity index (χ0) is 14.5. The minimum Gasteiger partial charge on any atom is -0.362 e. The maximum atomic E-state index is 12.6. The van der Waals surface area contributed by atoms with Gasteiger partial charge in [0.2, 0.25) is 0 Å². The fraction of sp³-hybridized carbons (Fsp3) is 0.462. The first-order valence-electron chi connectivity index (χ1n) is 5.82. The molecule has 0 heterocycles. The average molecular weight is 335 g/mol. The lowest BCUT2D eigenvalue weighted by atomic mass is 10.1. The highest BCUT2D eigenvalue weighted by Gasteiger charge is 2.31. The Bertz CT molecular complexity index is 466. The molecule has 0 aliphatic rings. The second kappa shape index (κ2) is 6.80. The summed E-state index contributed by atoms with van der Waals surface area (Å²) in [6, 6.07) is 6.89. The fourth-order valence-electron chi connectivity index (χ4n) is 1.80. The van der Waals surface area contributed by atoms with Crippen LogP contribution in [0.4, 0.5) is 18.9 Å². The highest BCUT2D eigenvalue weighted by Crippen LogP contribution is 2.26. The summed E-state index contributed by atoms with van der Waals surface area (Å²) >= 11 is 3.26. The predicted octanol–water partition coefficient (Wildman–Crippen LogP) is 4.23. The van der Waals surface area contributed by atoms with E-state index in [1.54, 1.807) is 18.2 Å². The van der Waals surface area contributed by atoms with Gasteiger partial charge in [-0.15, -0.1) is 0 Å². The Morgan fingerprint density at radius 3 is 2.53 bits per heavy atom. The lowest BCUT2D eigenvalue weighted by Gasteiger charge is -2.26. The Hall–Kier alpha value is -1.22. The lowest BCUT2D eigenvalue weighted by Crippen LogP contribution is -2.35. The minimum absolute atomic E-state index is 0.266. The summed E-state index contributed by atoms with van der Waals surface area (Å²) in [5.74, 6) is 0. The van der Waals surface area contributed by atoms with Crippen molar-refractivity contribution in [1.82, 2.24) is 0 Å². The molecule has 1 aromatic rings. The molecule has 0 unspecified atom stereocenters. The van der Waals surface area contributed by atoms with Gasteiger partial charge in [-0.05, 0) is 24.1 Å². The van der Waals surface area contributed by atoms with Crippen LogP contribution in [0.5, 0.6) is 0 Å². The monoisotopic (exact) mass is 334 g/mol. The first kappa shape index (κ1) is 15.8. The van der Waals surface area contributed by atoms with Crippen molar-refractivity contribution in [1.29, 1.82) is 5.26 Å². The molecule has 6 heteroatoms. The molecule has 104 valence electrons. The van der Waals surface area contributed by atoms with Gasteiger partial charge in [0, 0.05) is 11.9 Å². The van der Waals surface area contributed by atoms with Gasteiger partial charge in [-0.25, -0.2) is 0 Å². The van der Waals surface area contributed by atoms with Crippen LogP contribution in [0, 0.1) is 11.3 Å². The van der Waals surface area contributed by atoms with Gasteiger partial charge in [0.15, 0.2) is 0 Å². The number of hydrogen-bond donors (Lipinski definition) is 0. The van der Waals surface area contributed by atoms with E-state index < -0.39 is 12.7 Å². The van der Waals surface area contributed by atoms with E-state index in [-0.39, 0.29) is 12.1 Å². The molecule has 0 saturated heterocycles. The van der Waals surface area contributed by atoms with Crippen molar-refractivity contribution in [3.05, 3.63) is 29.3 Å². The van der Waals surface area contributed by atoms with Crippen LogP contribution in [0.25, 0.3) is 0 Å². The highest BCUT2D eigenvalue weighted by atomic mass is 79.9. The lowest BCUT2D eigenvalue weighted by molar-refractivity contribution is -0.119. The number of anilines is 1. The van der Waals surface area contributed by atoms with Crippen LogP contribution >= 0.6 is 15.9 Å². The first-order chi connectivity index (χ1) is 8.91. The third kappa shape index (κ3) is 4.75. The molecule has 1 aromatic carbocycles. The number of halogens is 4. The van der Waals surface area contributed by atoms with Crippen LogP contribution in [-0.2, 0) is 5.33 Å². The van der Waals surface area contributed by atoms with Crippen LogP contribution in [0.2, 0.25) is 0 Å². The van der Waals surface area contributed by atoms with Gasteiger partial charge in [-0.1, -0.05) is 28.9 Å². The maximum absolute atomic E-state index is 12.6. The maximum Gasteiger partial charge on any atom is 0.405 e. The second-order valence-electron chi connectivity index (χ2n) is 4.13. The Kier molecular flexibility index (Phi) is 5.67. The molecule has 19 heavy (non-hydrogen) atoms. The zero-order valence-corrected chi connectivity index (χ0v) is 12.1. The molecule has 0 atom stereocenters. The average Bonchev–Trinajstić information content (AvgIpc) is 2.36. The second-order valence-corrected chi connectivity index (χ2v) is 4.69. The number of hydrogen-bond acceptors (Lipinski definition) is 2. The first-order valence-corrected chi connectivity index (χ1v) is 6.94. The summed E-state index contributed by atoms with van der Waals surface area (Å²) in [7, 11) is 0. The van der Waals surface area contributed by atoms with Gasteiger partial charge in [0.05, 0.1) is 11.3 Å². The van der Waals surface area contributed by atoms with Crippen LogP contribution in [0.3, 0.4) is 0 Å². The van der Waals surface area contributed by atoms with Crippen molar-refractivity contribution in [3.63, 3.8) is 0 Å². The number of rotatable bonds is 5. The van der Waals surface area contributed by atoms with Crippen molar-refractivity contribution >= 4 is 21.6 Å². The normalized spacial score (nSPS) is 11.2. The summed E-state index contributed by atoms with van der Waals surface area (Å²) < 4.78 is 37.7. The van der Waals surface area contributed by atoms with Crippen molar-refractivity contribution < 1.29 is 13.2 Å². The Labute approximate surface area is 119 Å². The minimum atomic E-state index is -4.28. The number of nitriles is 1. The smallest absolute Gasteiger partial charge is 0.362 e. The number of nitrogens with zero attached hydrogens (tertiary/aromatic N) is 2. The molecule has 0 radical (unpaired) electrons. The molecular formula is C13H14BrF3N2. The van der Waals surface area contributed by atoms with Crippen LogP contribution in [0.15, 0.2) is 18.2 Å². The van der Waals surface area contributed by atoms with Crippen molar-refractivity contribution in [2.24, 2.45) is 0 Å². The van der Waals surface area contributed by atoms with E-state index in [2.05, 4.69) is 15.9 Å². The Balaban J connectivity index is 3.12. The number of alkyl halides is 4. The Morgan fingerprint density at radius 1 is 1.37 bits per heavy atom. The third-order valence-corrected chi connectivity index (χ3v) is 3.19. The SMILES string of the molecule is CCCN(CC(F)(F)F)c1ccc(CBr)cc1C#N. The van der Waals surface area contributed by atoms with E-state index in [4.69, 9.17) is 5.26 Å².